The molecule has 3 aliphatic carbocycles. The molecule has 3 aliphatic rings. The smallest absolute Gasteiger partial charge is 0.256 e. The number of carbonyl (C=O) groups excluding carboxylic acids is 2. The first-order valence-corrected chi connectivity index (χ1v) is 11.5. The lowest BCUT2D eigenvalue weighted by Gasteiger charge is -2.20. The third kappa shape index (κ3) is 3.57. The Hall–Kier alpha value is -3.15. The molecule has 2 saturated carbocycles. The lowest BCUT2D eigenvalue weighted by atomic mass is 9.89. The standard InChI is InChI=1S/C26H29N3O3/c1-27-24(31)20-15-29(12-9-17-5-3-2-4-6-17)16-21(23(20)30)25(32)28-14-18-13-19-7-8-22(18)26(19)10-11-26/h2-8,15-16,18-19,22H,9-14H2,1H3,(H,27,31)(H,28,32)/t18-,19-,22+/m1/s1. The van der Waals surface area contributed by atoms with Crippen molar-refractivity contribution in [3.8, 4) is 0 Å². The van der Waals surface area contributed by atoms with Gasteiger partial charge in [0.1, 0.15) is 11.1 Å². The molecule has 1 aromatic carbocycles. The molecule has 32 heavy (non-hydrogen) atoms. The van der Waals surface area contributed by atoms with Crippen LogP contribution in [0.2, 0.25) is 0 Å². The molecular weight excluding hydrogens is 402 g/mol. The number of aryl methyl sites for hydroxylation is 2. The summed E-state index contributed by atoms with van der Waals surface area (Å²) in [5.41, 5.74) is 1.12. The summed E-state index contributed by atoms with van der Waals surface area (Å²) < 4.78 is 1.77. The third-order valence-corrected chi connectivity index (χ3v) is 7.67. The van der Waals surface area contributed by atoms with Gasteiger partial charge in [-0.2, -0.15) is 0 Å². The molecular formula is C26H29N3O3. The van der Waals surface area contributed by atoms with Gasteiger partial charge < -0.3 is 15.2 Å². The van der Waals surface area contributed by atoms with Gasteiger partial charge in [0, 0.05) is 32.5 Å². The van der Waals surface area contributed by atoms with Gasteiger partial charge in [-0.25, -0.2) is 0 Å². The van der Waals surface area contributed by atoms with Crippen molar-refractivity contribution in [3.05, 3.63) is 81.8 Å². The number of nitrogens with one attached hydrogen (secondary N) is 2. The van der Waals surface area contributed by atoms with E-state index in [-0.39, 0.29) is 11.1 Å². The summed E-state index contributed by atoms with van der Waals surface area (Å²) in [6.45, 7) is 1.13. The van der Waals surface area contributed by atoms with E-state index in [2.05, 4.69) is 22.8 Å². The van der Waals surface area contributed by atoms with Crippen LogP contribution in [0, 0.1) is 23.2 Å². The van der Waals surface area contributed by atoms with Gasteiger partial charge in [-0.1, -0.05) is 42.5 Å². The van der Waals surface area contributed by atoms with Crippen molar-refractivity contribution < 1.29 is 9.59 Å². The molecule has 2 N–H and O–H groups in total. The number of allylic oxidation sites excluding steroid dienone is 2. The van der Waals surface area contributed by atoms with Gasteiger partial charge in [0.25, 0.3) is 11.8 Å². The Balaban J connectivity index is 1.33. The van der Waals surface area contributed by atoms with Gasteiger partial charge in [0.15, 0.2) is 0 Å². The number of benzene rings is 1. The molecule has 1 spiro atoms. The molecule has 0 aliphatic heterocycles. The monoisotopic (exact) mass is 431 g/mol. The van der Waals surface area contributed by atoms with E-state index >= 15 is 0 Å². The Morgan fingerprint density at radius 3 is 2.44 bits per heavy atom. The van der Waals surface area contributed by atoms with Crippen molar-refractivity contribution in [2.24, 2.45) is 23.2 Å². The zero-order valence-electron chi connectivity index (χ0n) is 18.3. The first-order chi connectivity index (χ1) is 15.5. The minimum absolute atomic E-state index is 0.00648. The lowest BCUT2D eigenvalue weighted by Crippen LogP contribution is -2.37. The van der Waals surface area contributed by atoms with Crippen LogP contribution in [0.4, 0.5) is 0 Å². The van der Waals surface area contributed by atoms with E-state index in [0.29, 0.717) is 36.3 Å². The van der Waals surface area contributed by atoms with Gasteiger partial charge in [-0.15, -0.1) is 0 Å². The van der Waals surface area contributed by atoms with E-state index in [1.807, 2.05) is 30.3 Å². The minimum atomic E-state index is -0.524. The summed E-state index contributed by atoms with van der Waals surface area (Å²) in [7, 11) is 1.49. The number of pyridine rings is 1. The number of nitrogens with zero attached hydrogens (tertiary/aromatic N) is 1. The van der Waals surface area contributed by atoms with Crippen LogP contribution >= 0.6 is 0 Å². The zero-order chi connectivity index (χ0) is 22.3. The first kappa shape index (κ1) is 20.7. The molecule has 1 heterocycles. The Morgan fingerprint density at radius 2 is 1.78 bits per heavy atom. The molecule has 166 valence electrons. The number of amides is 2. The number of hydrogen-bond donors (Lipinski definition) is 2. The van der Waals surface area contributed by atoms with Crippen LogP contribution < -0.4 is 16.1 Å². The fraction of sp³-hybridized carbons (Fsp3) is 0.423. The molecule has 6 nitrogen and oxygen atoms in total. The van der Waals surface area contributed by atoms with Crippen LogP contribution in [-0.2, 0) is 13.0 Å². The maximum atomic E-state index is 13.0. The van der Waals surface area contributed by atoms with Gasteiger partial charge in [-0.3, -0.25) is 14.4 Å². The van der Waals surface area contributed by atoms with Crippen LogP contribution in [0.5, 0.6) is 0 Å². The molecule has 1 aromatic heterocycles. The summed E-state index contributed by atoms with van der Waals surface area (Å²) in [5.74, 6) is 0.755. The van der Waals surface area contributed by atoms with Crippen molar-refractivity contribution in [1.82, 2.24) is 15.2 Å². The number of hydrogen-bond acceptors (Lipinski definition) is 3. The normalized spacial score (nSPS) is 24.0. The van der Waals surface area contributed by atoms with E-state index < -0.39 is 17.2 Å². The first-order valence-electron chi connectivity index (χ1n) is 11.5. The summed E-state index contributed by atoms with van der Waals surface area (Å²) in [5, 5.41) is 5.51. The van der Waals surface area contributed by atoms with Crippen molar-refractivity contribution in [2.75, 3.05) is 13.6 Å². The Morgan fingerprint density at radius 1 is 1.06 bits per heavy atom. The highest BCUT2D eigenvalue weighted by Gasteiger charge is 2.62. The second-order valence-electron chi connectivity index (χ2n) is 9.42. The number of rotatable bonds is 7. The number of aromatic nitrogens is 1. The van der Waals surface area contributed by atoms with Crippen molar-refractivity contribution in [2.45, 2.75) is 32.2 Å². The van der Waals surface area contributed by atoms with Crippen LogP contribution in [0.15, 0.2) is 59.7 Å². The van der Waals surface area contributed by atoms with Crippen molar-refractivity contribution in [1.29, 1.82) is 0 Å². The van der Waals surface area contributed by atoms with E-state index in [1.54, 1.807) is 17.0 Å². The summed E-state index contributed by atoms with van der Waals surface area (Å²) in [6.07, 6.45) is 12.2. The molecule has 2 bridgehead atoms. The molecule has 0 saturated heterocycles. The highest BCUT2D eigenvalue weighted by Crippen LogP contribution is 2.69. The fourth-order valence-corrected chi connectivity index (χ4v) is 5.80. The van der Waals surface area contributed by atoms with E-state index in [1.165, 1.54) is 19.9 Å². The van der Waals surface area contributed by atoms with Crippen LogP contribution in [-0.4, -0.2) is 30.0 Å². The maximum Gasteiger partial charge on any atom is 0.256 e. The molecule has 0 radical (unpaired) electrons. The summed E-state index contributed by atoms with van der Waals surface area (Å²) >= 11 is 0. The molecule has 2 aromatic rings. The number of carbonyl (C=O) groups is 2. The van der Waals surface area contributed by atoms with Gasteiger partial charge >= 0.3 is 0 Å². The molecule has 0 unspecified atom stereocenters. The molecule has 6 heteroatoms. The van der Waals surface area contributed by atoms with Crippen LogP contribution in [0.1, 0.15) is 45.5 Å². The zero-order valence-corrected chi connectivity index (χ0v) is 18.3. The molecule has 2 fully saturated rings. The predicted molar refractivity (Wildman–Crippen MR) is 122 cm³/mol. The second-order valence-corrected chi connectivity index (χ2v) is 9.42. The predicted octanol–water partition coefficient (Wildman–Crippen LogP) is 2.78. The van der Waals surface area contributed by atoms with E-state index in [9.17, 15) is 14.4 Å². The lowest BCUT2D eigenvalue weighted by molar-refractivity contribution is 0.0942. The van der Waals surface area contributed by atoms with Gasteiger partial charge in [0.05, 0.1) is 0 Å². The Bertz CT molecular complexity index is 1130. The van der Waals surface area contributed by atoms with Crippen molar-refractivity contribution in [3.63, 3.8) is 0 Å². The van der Waals surface area contributed by atoms with Crippen LogP contribution in [0.3, 0.4) is 0 Å². The van der Waals surface area contributed by atoms with E-state index in [4.69, 9.17) is 0 Å². The Labute approximate surface area is 187 Å². The van der Waals surface area contributed by atoms with Gasteiger partial charge in [0.2, 0.25) is 5.43 Å². The highest BCUT2D eigenvalue weighted by atomic mass is 16.2. The average molecular weight is 432 g/mol. The average Bonchev–Trinajstić information content (AvgIpc) is 3.49. The summed E-state index contributed by atoms with van der Waals surface area (Å²) in [4.78, 5) is 38.3. The Kier molecular flexibility index (Phi) is 5.24. The van der Waals surface area contributed by atoms with E-state index in [0.717, 1.165) is 18.4 Å². The minimum Gasteiger partial charge on any atom is -0.355 e. The topological polar surface area (TPSA) is 80.2 Å². The third-order valence-electron chi connectivity index (χ3n) is 7.67. The molecule has 3 atom stereocenters. The SMILES string of the molecule is CNC(=O)c1cn(CCc2ccccc2)cc(C(=O)NC[C@H]2C[C@H]3C=C[C@@H]2C32CC2)c1=O. The van der Waals surface area contributed by atoms with Crippen LogP contribution in [0.25, 0.3) is 0 Å². The van der Waals surface area contributed by atoms with Gasteiger partial charge in [-0.05, 0) is 54.4 Å². The quantitative estimate of drug-likeness (QED) is 0.662. The molecule has 5 rings (SSSR count). The largest absolute Gasteiger partial charge is 0.355 e. The molecule has 2 amide bonds. The maximum absolute atomic E-state index is 13.0. The fourth-order valence-electron chi connectivity index (χ4n) is 5.80. The highest BCUT2D eigenvalue weighted by molar-refractivity contribution is 5.99. The second kappa shape index (κ2) is 8.08. The van der Waals surface area contributed by atoms with Crippen molar-refractivity contribution >= 4 is 11.8 Å². The summed E-state index contributed by atoms with van der Waals surface area (Å²) in [6, 6.07) is 9.99.